The minimum Gasteiger partial charge on any atom is -0.489 e. The lowest BCUT2D eigenvalue weighted by Gasteiger charge is -2.12. The second-order valence-corrected chi connectivity index (χ2v) is 5.78. The van der Waals surface area contributed by atoms with Gasteiger partial charge in [-0.2, -0.15) is 0 Å². The standard InChI is InChI=1S/C19H25NO/c1-16-11-12-17(10-7-13-20(2)3)14-19(16)21-15-18-8-5-4-6-9-18/h4-6,8-9,11-12,14H,7,10,13,15H2,1-3H3. The second kappa shape index (κ2) is 7.84. The molecule has 112 valence electrons. The van der Waals surface area contributed by atoms with E-state index in [2.05, 4.69) is 56.3 Å². The predicted molar refractivity (Wildman–Crippen MR) is 88.8 cm³/mol. The first kappa shape index (κ1) is 15.6. The first-order valence-electron chi connectivity index (χ1n) is 7.56. The van der Waals surface area contributed by atoms with E-state index >= 15 is 0 Å². The van der Waals surface area contributed by atoms with Gasteiger partial charge in [0.25, 0.3) is 0 Å². The van der Waals surface area contributed by atoms with Crippen LogP contribution in [0.3, 0.4) is 0 Å². The van der Waals surface area contributed by atoms with Gasteiger partial charge in [-0.1, -0.05) is 42.5 Å². The molecule has 0 bridgehead atoms. The van der Waals surface area contributed by atoms with Crippen molar-refractivity contribution in [2.75, 3.05) is 20.6 Å². The van der Waals surface area contributed by atoms with Crippen molar-refractivity contribution < 1.29 is 4.74 Å². The highest BCUT2D eigenvalue weighted by atomic mass is 16.5. The molecule has 0 amide bonds. The fourth-order valence-corrected chi connectivity index (χ4v) is 2.29. The van der Waals surface area contributed by atoms with E-state index in [4.69, 9.17) is 4.74 Å². The molecular formula is C19H25NO. The van der Waals surface area contributed by atoms with Crippen molar-refractivity contribution in [2.45, 2.75) is 26.4 Å². The molecule has 2 rings (SSSR count). The summed E-state index contributed by atoms with van der Waals surface area (Å²) in [5, 5.41) is 0. The van der Waals surface area contributed by atoms with E-state index < -0.39 is 0 Å². The van der Waals surface area contributed by atoms with Gasteiger partial charge in [-0.3, -0.25) is 0 Å². The number of benzene rings is 2. The number of rotatable bonds is 7. The molecule has 0 spiro atoms. The van der Waals surface area contributed by atoms with E-state index in [1.54, 1.807) is 0 Å². The van der Waals surface area contributed by atoms with Gasteiger partial charge in [-0.05, 0) is 63.2 Å². The highest BCUT2D eigenvalue weighted by Crippen LogP contribution is 2.21. The highest BCUT2D eigenvalue weighted by molar-refractivity contribution is 5.37. The Kier molecular flexibility index (Phi) is 5.82. The molecule has 2 nitrogen and oxygen atoms in total. The molecule has 0 unspecified atom stereocenters. The predicted octanol–water partition coefficient (Wildman–Crippen LogP) is 4.07. The Hall–Kier alpha value is -1.80. The zero-order valence-electron chi connectivity index (χ0n) is 13.3. The van der Waals surface area contributed by atoms with Crippen molar-refractivity contribution in [3.05, 3.63) is 65.2 Å². The van der Waals surface area contributed by atoms with Crippen molar-refractivity contribution in [3.8, 4) is 5.75 Å². The molecule has 0 N–H and O–H groups in total. The van der Waals surface area contributed by atoms with Gasteiger partial charge in [0, 0.05) is 0 Å². The fourth-order valence-electron chi connectivity index (χ4n) is 2.29. The van der Waals surface area contributed by atoms with Crippen LogP contribution in [-0.4, -0.2) is 25.5 Å². The minimum absolute atomic E-state index is 0.628. The van der Waals surface area contributed by atoms with Crippen molar-refractivity contribution in [2.24, 2.45) is 0 Å². The average molecular weight is 283 g/mol. The quantitative estimate of drug-likeness (QED) is 0.759. The van der Waals surface area contributed by atoms with Gasteiger partial charge in [0.2, 0.25) is 0 Å². The van der Waals surface area contributed by atoms with Crippen molar-refractivity contribution >= 4 is 0 Å². The maximum atomic E-state index is 5.98. The Labute approximate surface area is 128 Å². The van der Waals surface area contributed by atoms with Gasteiger partial charge in [-0.25, -0.2) is 0 Å². The van der Waals surface area contributed by atoms with E-state index in [-0.39, 0.29) is 0 Å². The molecule has 2 heteroatoms. The Morgan fingerprint density at radius 1 is 0.952 bits per heavy atom. The Balaban J connectivity index is 1.95. The lowest BCUT2D eigenvalue weighted by Crippen LogP contribution is -2.13. The van der Waals surface area contributed by atoms with E-state index in [1.165, 1.54) is 23.1 Å². The minimum atomic E-state index is 0.628. The maximum Gasteiger partial charge on any atom is 0.122 e. The monoisotopic (exact) mass is 283 g/mol. The SMILES string of the molecule is Cc1ccc(CCCN(C)C)cc1OCc1ccccc1. The zero-order chi connectivity index (χ0) is 15.1. The van der Waals surface area contributed by atoms with E-state index in [0.29, 0.717) is 6.61 Å². The van der Waals surface area contributed by atoms with Gasteiger partial charge < -0.3 is 9.64 Å². The van der Waals surface area contributed by atoms with Crippen LogP contribution in [0, 0.1) is 6.92 Å². The third-order valence-corrected chi connectivity index (χ3v) is 3.56. The maximum absolute atomic E-state index is 5.98. The normalized spacial score (nSPS) is 10.9. The second-order valence-electron chi connectivity index (χ2n) is 5.78. The molecule has 21 heavy (non-hydrogen) atoms. The molecule has 0 aliphatic heterocycles. The van der Waals surface area contributed by atoms with Crippen LogP contribution in [-0.2, 0) is 13.0 Å². The van der Waals surface area contributed by atoms with Crippen molar-refractivity contribution in [1.82, 2.24) is 4.90 Å². The van der Waals surface area contributed by atoms with E-state index in [0.717, 1.165) is 18.7 Å². The highest BCUT2D eigenvalue weighted by Gasteiger charge is 2.03. The average Bonchev–Trinajstić information content (AvgIpc) is 2.48. The topological polar surface area (TPSA) is 12.5 Å². The summed E-state index contributed by atoms with van der Waals surface area (Å²) in [4.78, 5) is 2.22. The summed E-state index contributed by atoms with van der Waals surface area (Å²) >= 11 is 0. The Morgan fingerprint density at radius 2 is 1.71 bits per heavy atom. The summed E-state index contributed by atoms with van der Waals surface area (Å²) in [6.07, 6.45) is 2.27. The van der Waals surface area contributed by atoms with Crippen LogP contribution in [0.4, 0.5) is 0 Å². The van der Waals surface area contributed by atoms with Gasteiger partial charge in [-0.15, -0.1) is 0 Å². The summed E-state index contributed by atoms with van der Waals surface area (Å²) in [6, 6.07) is 16.9. The molecule has 0 aromatic heterocycles. The summed E-state index contributed by atoms with van der Waals surface area (Å²) in [7, 11) is 4.23. The number of hydrogen-bond acceptors (Lipinski definition) is 2. The van der Waals surface area contributed by atoms with Crippen LogP contribution >= 0.6 is 0 Å². The lowest BCUT2D eigenvalue weighted by atomic mass is 10.1. The van der Waals surface area contributed by atoms with E-state index in [1.807, 2.05) is 18.2 Å². The smallest absolute Gasteiger partial charge is 0.122 e. The molecule has 0 aliphatic carbocycles. The molecule has 0 fully saturated rings. The molecule has 0 aliphatic rings. The Morgan fingerprint density at radius 3 is 2.43 bits per heavy atom. The first-order chi connectivity index (χ1) is 10.1. The summed E-state index contributed by atoms with van der Waals surface area (Å²) in [5.74, 6) is 1.00. The number of ether oxygens (including phenoxy) is 1. The van der Waals surface area contributed by atoms with Crippen molar-refractivity contribution in [1.29, 1.82) is 0 Å². The summed E-state index contributed by atoms with van der Waals surface area (Å²) in [6.45, 7) is 3.85. The molecule has 2 aromatic carbocycles. The number of aryl methyl sites for hydroxylation is 2. The third-order valence-electron chi connectivity index (χ3n) is 3.56. The molecule has 0 saturated carbocycles. The Bertz CT molecular complexity index is 549. The summed E-state index contributed by atoms with van der Waals surface area (Å²) < 4.78 is 5.98. The molecule has 0 heterocycles. The van der Waals surface area contributed by atoms with Crippen LogP contribution < -0.4 is 4.74 Å². The van der Waals surface area contributed by atoms with Crippen LogP contribution in [0.25, 0.3) is 0 Å². The van der Waals surface area contributed by atoms with Crippen molar-refractivity contribution in [3.63, 3.8) is 0 Å². The fraction of sp³-hybridized carbons (Fsp3) is 0.368. The van der Waals surface area contributed by atoms with Crippen LogP contribution in [0.2, 0.25) is 0 Å². The molecular weight excluding hydrogens is 258 g/mol. The van der Waals surface area contributed by atoms with Gasteiger partial charge in [0.15, 0.2) is 0 Å². The first-order valence-corrected chi connectivity index (χ1v) is 7.56. The van der Waals surface area contributed by atoms with Gasteiger partial charge in [0.1, 0.15) is 12.4 Å². The lowest BCUT2D eigenvalue weighted by molar-refractivity contribution is 0.303. The van der Waals surface area contributed by atoms with Crippen LogP contribution in [0.5, 0.6) is 5.75 Å². The molecule has 2 aromatic rings. The van der Waals surface area contributed by atoms with Crippen LogP contribution in [0.1, 0.15) is 23.1 Å². The molecule has 0 radical (unpaired) electrons. The zero-order valence-corrected chi connectivity index (χ0v) is 13.3. The van der Waals surface area contributed by atoms with Gasteiger partial charge in [0.05, 0.1) is 0 Å². The van der Waals surface area contributed by atoms with Gasteiger partial charge >= 0.3 is 0 Å². The third kappa shape index (κ3) is 5.24. The largest absolute Gasteiger partial charge is 0.489 e. The number of hydrogen-bond donors (Lipinski definition) is 0. The molecule has 0 saturated heterocycles. The summed E-state index contributed by atoms with van der Waals surface area (Å²) in [5.41, 5.74) is 3.75. The molecule has 0 atom stereocenters. The van der Waals surface area contributed by atoms with Crippen LogP contribution in [0.15, 0.2) is 48.5 Å². The van der Waals surface area contributed by atoms with E-state index in [9.17, 15) is 0 Å². The number of nitrogens with zero attached hydrogens (tertiary/aromatic N) is 1.